The summed E-state index contributed by atoms with van der Waals surface area (Å²) in [6.07, 6.45) is 5.30. The Labute approximate surface area is 205 Å². The van der Waals surface area contributed by atoms with Gasteiger partial charge in [0.25, 0.3) is 0 Å². The van der Waals surface area contributed by atoms with Gasteiger partial charge in [-0.25, -0.2) is 4.39 Å². The van der Waals surface area contributed by atoms with E-state index >= 15 is 0 Å². The smallest absolute Gasteiger partial charge is 0.219 e. The third-order valence-corrected chi connectivity index (χ3v) is 8.58. The van der Waals surface area contributed by atoms with Crippen LogP contribution in [0, 0.1) is 5.82 Å². The van der Waals surface area contributed by atoms with E-state index in [1.165, 1.54) is 33.0 Å². The molecule has 1 amide bonds. The molecule has 0 bridgehead atoms. The Hall–Kier alpha value is -1.89. The SMILES string of the molecule is CCc1c(CCN2CCC(c3cc4ccc(F)cc4o3)CC2)sc2c1CN(C(C)=O)CC2.Cl. The molecule has 5 rings (SSSR count). The lowest BCUT2D eigenvalue weighted by Crippen LogP contribution is -2.34. The van der Waals surface area contributed by atoms with Crippen LogP contribution >= 0.6 is 23.7 Å². The summed E-state index contributed by atoms with van der Waals surface area (Å²) < 4.78 is 19.4. The van der Waals surface area contributed by atoms with Crippen LogP contribution in [0.15, 0.2) is 28.7 Å². The standard InChI is InChI=1S/C26H31FN2O2S.ClH/c1-3-21-22-16-29(17(2)30)13-9-26(22)32-25(21)8-12-28-10-6-18(7-11-28)23-14-19-4-5-20(27)15-24(19)31-23;/h4-5,14-15,18H,3,6-13,16H2,1-2H3;1H. The normalized spacial score (nSPS) is 17.2. The summed E-state index contributed by atoms with van der Waals surface area (Å²) in [5.74, 6) is 1.35. The molecule has 0 unspecified atom stereocenters. The van der Waals surface area contributed by atoms with Crippen LogP contribution in [0.25, 0.3) is 11.0 Å². The lowest BCUT2D eigenvalue weighted by atomic mass is 9.94. The highest BCUT2D eigenvalue weighted by Gasteiger charge is 2.26. The molecule has 33 heavy (non-hydrogen) atoms. The van der Waals surface area contributed by atoms with Crippen LogP contribution < -0.4 is 0 Å². The summed E-state index contributed by atoms with van der Waals surface area (Å²) >= 11 is 1.98. The Kier molecular flexibility index (Phi) is 7.46. The van der Waals surface area contributed by atoms with Gasteiger partial charge in [0.15, 0.2) is 0 Å². The van der Waals surface area contributed by atoms with Crippen molar-refractivity contribution in [2.45, 2.75) is 58.4 Å². The Morgan fingerprint density at radius 3 is 2.73 bits per heavy atom. The Morgan fingerprint density at radius 2 is 2.00 bits per heavy atom. The Bertz CT molecular complexity index is 1130. The van der Waals surface area contributed by atoms with E-state index in [9.17, 15) is 9.18 Å². The summed E-state index contributed by atoms with van der Waals surface area (Å²) in [4.78, 5) is 19.4. The van der Waals surface area contributed by atoms with Gasteiger partial charge in [-0.1, -0.05) is 6.92 Å². The fourth-order valence-electron chi connectivity index (χ4n) is 5.31. The van der Waals surface area contributed by atoms with Gasteiger partial charge in [0.05, 0.1) is 0 Å². The number of amides is 1. The van der Waals surface area contributed by atoms with E-state index in [0.29, 0.717) is 11.5 Å². The van der Waals surface area contributed by atoms with Gasteiger partial charge in [0, 0.05) is 53.7 Å². The number of carbonyl (C=O) groups is 1. The van der Waals surface area contributed by atoms with E-state index in [2.05, 4.69) is 17.9 Å². The van der Waals surface area contributed by atoms with E-state index in [-0.39, 0.29) is 24.1 Å². The molecule has 2 aliphatic heterocycles. The third-order valence-electron chi connectivity index (χ3n) is 7.19. The molecule has 2 aromatic heterocycles. The van der Waals surface area contributed by atoms with Crippen molar-refractivity contribution in [2.24, 2.45) is 0 Å². The monoisotopic (exact) mass is 490 g/mol. The number of fused-ring (bicyclic) bond motifs is 2. The van der Waals surface area contributed by atoms with Crippen molar-refractivity contribution in [1.29, 1.82) is 0 Å². The Balaban J connectivity index is 0.00000259. The summed E-state index contributed by atoms with van der Waals surface area (Å²) in [6.45, 7) is 8.78. The maximum absolute atomic E-state index is 13.5. The largest absolute Gasteiger partial charge is 0.461 e. The number of hydrogen-bond acceptors (Lipinski definition) is 4. The zero-order chi connectivity index (χ0) is 22.2. The van der Waals surface area contributed by atoms with Crippen LogP contribution in [0.1, 0.15) is 59.2 Å². The second-order valence-electron chi connectivity index (χ2n) is 9.15. The van der Waals surface area contributed by atoms with Gasteiger partial charge in [0.1, 0.15) is 17.2 Å². The zero-order valence-corrected chi connectivity index (χ0v) is 21.0. The number of furan rings is 1. The van der Waals surface area contributed by atoms with Crippen molar-refractivity contribution in [1.82, 2.24) is 9.80 Å². The molecule has 4 heterocycles. The van der Waals surface area contributed by atoms with Gasteiger partial charge in [-0.05, 0) is 74.5 Å². The molecule has 1 aromatic carbocycles. The first-order chi connectivity index (χ1) is 15.5. The first-order valence-electron chi connectivity index (χ1n) is 11.8. The van der Waals surface area contributed by atoms with Crippen LogP contribution in [0.3, 0.4) is 0 Å². The minimum Gasteiger partial charge on any atom is -0.461 e. The van der Waals surface area contributed by atoms with Crippen LogP contribution in [0.5, 0.6) is 0 Å². The summed E-state index contributed by atoms with van der Waals surface area (Å²) in [5.41, 5.74) is 3.56. The number of piperidine rings is 1. The zero-order valence-electron chi connectivity index (χ0n) is 19.4. The predicted octanol–water partition coefficient (Wildman–Crippen LogP) is 5.94. The quantitative estimate of drug-likeness (QED) is 0.443. The number of nitrogens with zero attached hydrogens (tertiary/aromatic N) is 2. The van der Waals surface area contributed by atoms with Crippen molar-refractivity contribution >= 4 is 40.6 Å². The van der Waals surface area contributed by atoms with Gasteiger partial charge in [0.2, 0.25) is 5.91 Å². The van der Waals surface area contributed by atoms with Crippen LogP contribution in [-0.4, -0.2) is 41.9 Å². The van der Waals surface area contributed by atoms with Crippen molar-refractivity contribution in [3.05, 3.63) is 56.7 Å². The van der Waals surface area contributed by atoms with Gasteiger partial charge >= 0.3 is 0 Å². The number of carbonyl (C=O) groups excluding carboxylic acids is 1. The molecule has 3 aromatic rings. The minimum absolute atomic E-state index is 0. The second-order valence-corrected chi connectivity index (χ2v) is 10.3. The molecule has 0 radical (unpaired) electrons. The molecule has 1 saturated heterocycles. The topological polar surface area (TPSA) is 36.7 Å². The van der Waals surface area contributed by atoms with Crippen LogP contribution in [-0.2, 0) is 30.6 Å². The van der Waals surface area contributed by atoms with Crippen molar-refractivity contribution in [2.75, 3.05) is 26.2 Å². The maximum atomic E-state index is 13.5. The molecule has 0 saturated carbocycles. The fraction of sp³-hybridized carbons (Fsp3) is 0.500. The fourth-order valence-corrected chi connectivity index (χ4v) is 6.69. The average molecular weight is 491 g/mol. The van der Waals surface area contributed by atoms with Gasteiger partial charge < -0.3 is 14.2 Å². The summed E-state index contributed by atoms with van der Waals surface area (Å²) in [6, 6.07) is 6.86. The molecule has 4 nitrogen and oxygen atoms in total. The van der Waals surface area contributed by atoms with Gasteiger partial charge in [-0.2, -0.15) is 0 Å². The molecule has 1 fully saturated rings. The minimum atomic E-state index is -0.246. The third kappa shape index (κ3) is 4.98. The van der Waals surface area contributed by atoms with Gasteiger partial charge in [-0.15, -0.1) is 23.7 Å². The molecule has 0 atom stereocenters. The predicted molar refractivity (Wildman–Crippen MR) is 134 cm³/mol. The highest BCUT2D eigenvalue weighted by molar-refractivity contribution is 7.12. The lowest BCUT2D eigenvalue weighted by Gasteiger charge is -2.31. The summed E-state index contributed by atoms with van der Waals surface area (Å²) in [7, 11) is 0. The first-order valence-corrected chi connectivity index (χ1v) is 12.6. The van der Waals surface area contributed by atoms with E-state index in [1.54, 1.807) is 13.0 Å². The average Bonchev–Trinajstić information content (AvgIpc) is 3.37. The Morgan fingerprint density at radius 1 is 1.21 bits per heavy atom. The van der Waals surface area contributed by atoms with Crippen molar-refractivity contribution < 1.29 is 13.6 Å². The summed E-state index contributed by atoms with van der Waals surface area (Å²) in [5, 5.41) is 0.987. The molecule has 0 N–H and O–H groups in total. The number of rotatable bonds is 5. The molecule has 0 aliphatic carbocycles. The highest BCUT2D eigenvalue weighted by Crippen LogP contribution is 2.35. The van der Waals surface area contributed by atoms with E-state index in [1.807, 2.05) is 16.2 Å². The van der Waals surface area contributed by atoms with E-state index in [4.69, 9.17) is 4.42 Å². The second kappa shape index (κ2) is 10.2. The molecule has 2 aliphatic rings. The van der Waals surface area contributed by atoms with Gasteiger partial charge in [-0.3, -0.25) is 4.79 Å². The molecule has 178 valence electrons. The maximum Gasteiger partial charge on any atom is 0.219 e. The molecular weight excluding hydrogens is 459 g/mol. The van der Waals surface area contributed by atoms with Crippen LogP contribution in [0.4, 0.5) is 4.39 Å². The molecule has 0 spiro atoms. The first kappa shape index (κ1) is 24.2. The number of thiophene rings is 1. The number of likely N-dealkylation sites (tertiary alicyclic amines) is 1. The highest BCUT2D eigenvalue weighted by atomic mass is 35.5. The lowest BCUT2D eigenvalue weighted by molar-refractivity contribution is -0.129. The van der Waals surface area contributed by atoms with Crippen molar-refractivity contribution in [3.8, 4) is 0 Å². The van der Waals surface area contributed by atoms with Crippen LogP contribution in [0.2, 0.25) is 0 Å². The number of halogens is 2. The molecule has 7 heteroatoms. The molecular formula is C26H32ClFN2O2S. The van der Waals surface area contributed by atoms with E-state index in [0.717, 1.165) is 76.0 Å². The van der Waals surface area contributed by atoms with E-state index < -0.39 is 0 Å². The van der Waals surface area contributed by atoms with Crippen molar-refractivity contribution in [3.63, 3.8) is 0 Å². The number of benzene rings is 1. The number of hydrogen-bond donors (Lipinski definition) is 0.